The Morgan fingerprint density at radius 2 is 1.59 bits per heavy atom. The van der Waals surface area contributed by atoms with Crippen LogP contribution in [0.4, 0.5) is 0 Å². The van der Waals surface area contributed by atoms with E-state index in [1.54, 1.807) is 0 Å². The van der Waals surface area contributed by atoms with Crippen LogP contribution in [-0.4, -0.2) is 22.1 Å². The number of aliphatic hydroxyl groups is 1. The van der Waals surface area contributed by atoms with Crippen LogP contribution in [0.5, 0.6) is 0 Å². The van der Waals surface area contributed by atoms with Gasteiger partial charge in [0, 0.05) is 0 Å². The molecule has 132 valence electrons. The first-order valence-electron chi connectivity index (χ1n) is 7.68. The van der Waals surface area contributed by atoms with Gasteiger partial charge in [0.25, 0.3) is 0 Å². The van der Waals surface area contributed by atoms with E-state index < -0.39 is 15.1 Å². The molecule has 0 aromatic carbocycles. The molecule has 0 radical (unpaired) electrons. The van der Waals surface area contributed by atoms with Gasteiger partial charge in [0.2, 0.25) is 0 Å². The maximum absolute atomic E-state index is 9.66. The predicted octanol–water partition coefficient (Wildman–Crippen LogP) is 4.97. The van der Waals surface area contributed by atoms with E-state index in [-0.39, 0.29) is 37.0 Å². The van der Waals surface area contributed by atoms with E-state index in [0.717, 1.165) is 4.73 Å². The van der Waals surface area contributed by atoms with Gasteiger partial charge in [0.1, 0.15) is 0 Å². The van der Waals surface area contributed by atoms with Gasteiger partial charge in [-0.15, -0.1) is 24.8 Å². The van der Waals surface area contributed by atoms with Gasteiger partial charge in [0.15, 0.2) is 0 Å². The zero-order valence-corrected chi connectivity index (χ0v) is 18.7. The molecule has 0 spiro atoms. The van der Waals surface area contributed by atoms with Crippen LogP contribution < -0.4 is 3.80 Å². The van der Waals surface area contributed by atoms with E-state index in [2.05, 4.69) is 57.5 Å². The molecule has 1 aliphatic carbocycles. The molecule has 1 unspecified atom stereocenters. The third kappa shape index (κ3) is 4.78. The number of hydrogen-bond acceptors (Lipinski definition) is 2. The summed E-state index contributed by atoms with van der Waals surface area (Å²) < 4.78 is 6.20. The average Bonchev–Trinajstić information content (AvgIpc) is 2.40. The second kappa shape index (κ2) is 7.63. The van der Waals surface area contributed by atoms with Gasteiger partial charge in [-0.25, -0.2) is 0 Å². The van der Waals surface area contributed by atoms with Gasteiger partial charge in [0.05, 0.1) is 0 Å². The Morgan fingerprint density at radius 3 is 1.86 bits per heavy atom. The molecule has 0 aliphatic heterocycles. The molecule has 0 fully saturated rings. The number of rotatable bonds is 4. The van der Waals surface area contributed by atoms with Crippen LogP contribution in [0.2, 0.25) is 9.95 Å². The topological polar surface area (TPSA) is 32.3 Å². The summed E-state index contributed by atoms with van der Waals surface area (Å²) in [5, 5.41) is 12.0. The molecule has 1 aliphatic rings. The van der Waals surface area contributed by atoms with Crippen molar-refractivity contribution >= 4 is 29.6 Å². The van der Waals surface area contributed by atoms with Crippen LogP contribution in [-0.2, 0) is 15.1 Å². The van der Waals surface area contributed by atoms with Crippen LogP contribution in [0.3, 0.4) is 0 Å². The van der Waals surface area contributed by atoms with Crippen molar-refractivity contribution in [3.8, 4) is 0 Å². The van der Waals surface area contributed by atoms with Gasteiger partial charge in [-0.05, 0) is 0 Å². The summed E-state index contributed by atoms with van der Waals surface area (Å²) in [6, 6.07) is 0. The Hall–Kier alpha value is 0.564. The molecule has 0 amide bonds. The molecule has 0 saturated carbocycles. The standard InChI is InChI=1S/C9H13.C4H10N.C2H5O.CH3.CH2.2ClH.Ti/c1-6-5-7(2)9(4)8(6)3;1-4(2,3)5;1-2-3;;;;;/h6H,1-4H3;5H,1-3H3;3H,1-2H2;1H3;1H2;2*1H;/q;-1;;;;;;+1. The van der Waals surface area contributed by atoms with Crippen molar-refractivity contribution in [3.05, 3.63) is 20.6 Å². The summed E-state index contributed by atoms with van der Waals surface area (Å²) in [5.41, 5.74) is 4.31. The first kappa shape index (κ1) is 24.8. The van der Waals surface area contributed by atoms with Crippen molar-refractivity contribution < 1.29 is 20.2 Å². The summed E-state index contributed by atoms with van der Waals surface area (Å²) in [6.45, 7) is 15.8. The van der Waals surface area contributed by atoms with Crippen molar-refractivity contribution in [2.45, 2.75) is 64.0 Å². The average molecular weight is 388 g/mol. The van der Waals surface area contributed by atoms with Crippen LogP contribution in [0.1, 0.15) is 48.5 Å². The zero-order valence-electron chi connectivity index (χ0n) is 15.5. The van der Waals surface area contributed by atoms with Crippen LogP contribution >= 0.6 is 24.8 Å². The van der Waals surface area contributed by atoms with Crippen LogP contribution in [0.25, 0.3) is 0 Å². The van der Waals surface area contributed by atoms with Crippen LogP contribution in [0.15, 0.2) is 20.6 Å². The molecule has 1 rings (SSSR count). The third-order valence-corrected chi connectivity index (χ3v) is 13.4. The van der Waals surface area contributed by atoms with E-state index in [9.17, 15) is 5.11 Å². The fourth-order valence-corrected chi connectivity index (χ4v) is 13.7. The van der Waals surface area contributed by atoms with Gasteiger partial charge in [-0.2, -0.15) is 0 Å². The molecule has 2 N–H and O–H groups in total. The van der Waals surface area contributed by atoms with Crippen molar-refractivity contribution in [2.75, 3.05) is 6.61 Å². The Bertz CT molecular complexity index is 543. The summed E-state index contributed by atoms with van der Waals surface area (Å²) >= 11 is -3.36. The Morgan fingerprint density at radius 1 is 1.14 bits per heavy atom. The Balaban J connectivity index is 0. The number of nitrogens with one attached hydrogen (secondary N) is 1. The first-order valence-corrected chi connectivity index (χ1v) is 13.0. The Kier molecular flexibility index (Phi) is 8.61. The molecule has 0 saturated heterocycles. The van der Waals surface area contributed by atoms with Gasteiger partial charge in [-0.1, -0.05) is 0 Å². The zero-order chi connectivity index (χ0) is 16.0. The second-order valence-corrected chi connectivity index (χ2v) is 17.4. The van der Waals surface area contributed by atoms with Crippen molar-refractivity contribution in [1.82, 2.24) is 3.80 Å². The molecule has 0 heterocycles. The first-order chi connectivity index (χ1) is 8.82. The van der Waals surface area contributed by atoms with Crippen LogP contribution in [0, 0.1) is 5.92 Å². The molecule has 0 aromatic rings. The predicted molar refractivity (Wildman–Crippen MR) is 103 cm³/mol. The van der Waals surface area contributed by atoms with E-state index in [4.69, 9.17) is 4.82 Å². The monoisotopic (exact) mass is 387 g/mol. The molecular formula is C17H35Cl2NOTi. The molecule has 0 aromatic heterocycles. The van der Waals surface area contributed by atoms with Crippen molar-refractivity contribution in [1.29, 1.82) is 0 Å². The minimum absolute atomic E-state index is 0. The third-order valence-electron chi connectivity index (χ3n) is 4.95. The molecule has 1 atom stereocenters. The van der Waals surface area contributed by atoms with Crippen molar-refractivity contribution in [2.24, 2.45) is 5.92 Å². The maximum atomic E-state index is 9.66. The number of allylic oxidation sites excluding steroid dienone is 4. The second-order valence-electron chi connectivity index (χ2n) is 8.21. The van der Waals surface area contributed by atoms with E-state index >= 15 is 0 Å². The molecular weight excluding hydrogens is 353 g/mol. The molecule has 5 heteroatoms. The fraction of sp³-hybridized carbons (Fsp3) is 0.706. The van der Waals surface area contributed by atoms with E-state index in [0.29, 0.717) is 5.92 Å². The van der Waals surface area contributed by atoms with Gasteiger partial charge in [-0.3, -0.25) is 0 Å². The molecule has 22 heavy (non-hydrogen) atoms. The summed E-state index contributed by atoms with van der Waals surface area (Å²) in [4.78, 5) is 4.76. The number of hydrogen-bond donors (Lipinski definition) is 2. The van der Waals surface area contributed by atoms with E-state index in [1.165, 1.54) is 20.6 Å². The SMILES string of the molecule is Cl.Cl.[CH2]=[Ti]([CH3])([CH2]CO)([NH]C(C)(C)C)[C]1=C(C)C(C)=C(C)C1C. The normalized spacial score (nSPS) is 20.0. The molecule has 0 bridgehead atoms. The Labute approximate surface area is 150 Å². The minimum atomic E-state index is -3.36. The van der Waals surface area contributed by atoms with Gasteiger partial charge < -0.3 is 0 Å². The van der Waals surface area contributed by atoms with Gasteiger partial charge >= 0.3 is 126 Å². The van der Waals surface area contributed by atoms with Crippen molar-refractivity contribution in [3.63, 3.8) is 0 Å². The number of halogens is 2. The summed E-state index contributed by atoms with van der Waals surface area (Å²) in [7, 11) is 0. The summed E-state index contributed by atoms with van der Waals surface area (Å²) in [6.07, 6.45) is 0. The fourth-order valence-electron chi connectivity index (χ4n) is 4.20. The number of aliphatic hydroxyl groups excluding tert-OH is 1. The molecule has 2 nitrogen and oxygen atoms in total. The summed E-state index contributed by atoms with van der Waals surface area (Å²) in [5.74, 6) is 0.455. The quantitative estimate of drug-likeness (QED) is 0.667. The van der Waals surface area contributed by atoms with E-state index in [1.807, 2.05) is 0 Å².